The second-order valence-electron chi connectivity index (χ2n) is 4.53. The Kier molecular flexibility index (Phi) is 4.94. The summed E-state index contributed by atoms with van der Waals surface area (Å²) in [5.41, 5.74) is 0. The van der Waals surface area contributed by atoms with E-state index in [1.807, 2.05) is 0 Å². The van der Waals surface area contributed by atoms with Crippen LogP contribution in [0, 0.1) is 5.92 Å². The normalized spacial score (nSPS) is 21.5. The molecule has 0 aromatic carbocycles. The molecule has 1 saturated heterocycles. The first-order chi connectivity index (χ1) is 6.68. The maximum absolute atomic E-state index is 11.4. The van der Waals surface area contributed by atoms with E-state index in [2.05, 4.69) is 24.5 Å². The molecule has 14 heavy (non-hydrogen) atoms. The quantitative estimate of drug-likeness (QED) is 0.699. The standard InChI is InChI=1S/C11H22N2O/c1-9(2)5-6-11(14)13-8-10-4-3-7-12-10/h9-10,12H,3-8H2,1-2H3,(H,13,14). The highest BCUT2D eigenvalue weighted by atomic mass is 16.1. The third-order valence-electron chi connectivity index (χ3n) is 2.66. The van der Waals surface area contributed by atoms with Crippen molar-refractivity contribution in [1.29, 1.82) is 0 Å². The summed E-state index contributed by atoms with van der Waals surface area (Å²) in [4.78, 5) is 11.4. The smallest absolute Gasteiger partial charge is 0.220 e. The van der Waals surface area contributed by atoms with Crippen LogP contribution in [0.1, 0.15) is 39.5 Å². The summed E-state index contributed by atoms with van der Waals surface area (Å²) in [6, 6.07) is 0.512. The number of amides is 1. The van der Waals surface area contributed by atoms with E-state index in [0.29, 0.717) is 18.4 Å². The number of carbonyl (C=O) groups excluding carboxylic acids is 1. The molecule has 1 rings (SSSR count). The lowest BCUT2D eigenvalue weighted by atomic mass is 10.1. The number of nitrogens with one attached hydrogen (secondary N) is 2. The molecule has 1 atom stereocenters. The summed E-state index contributed by atoms with van der Waals surface area (Å²) < 4.78 is 0. The Hall–Kier alpha value is -0.570. The zero-order valence-corrected chi connectivity index (χ0v) is 9.31. The molecular formula is C11H22N2O. The van der Waals surface area contributed by atoms with Crippen LogP contribution in [0.25, 0.3) is 0 Å². The number of hydrogen-bond donors (Lipinski definition) is 2. The molecular weight excluding hydrogens is 176 g/mol. The van der Waals surface area contributed by atoms with Crippen LogP contribution < -0.4 is 10.6 Å². The summed E-state index contributed by atoms with van der Waals surface area (Å²) in [7, 11) is 0. The Morgan fingerprint density at radius 1 is 1.57 bits per heavy atom. The van der Waals surface area contributed by atoms with Gasteiger partial charge in [-0.05, 0) is 31.7 Å². The zero-order chi connectivity index (χ0) is 10.4. The fraction of sp³-hybridized carbons (Fsp3) is 0.909. The first kappa shape index (κ1) is 11.5. The van der Waals surface area contributed by atoms with Crippen LogP contribution in [-0.4, -0.2) is 25.0 Å². The minimum atomic E-state index is 0.201. The van der Waals surface area contributed by atoms with Gasteiger partial charge in [0.2, 0.25) is 5.91 Å². The summed E-state index contributed by atoms with van der Waals surface area (Å²) >= 11 is 0. The summed E-state index contributed by atoms with van der Waals surface area (Å²) in [6.07, 6.45) is 4.10. The highest BCUT2D eigenvalue weighted by molar-refractivity contribution is 5.75. The molecule has 1 aliphatic heterocycles. The minimum Gasteiger partial charge on any atom is -0.355 e. The molecule has 0 saturated carbocycles. The van der Waals surface area contributed by atoms with Crippen LogP contribution in [0.4, 0.5) is 0 Å². The van der Waals surface area contributed by atoms with Gasteiger partial charge in [-0.25, -0.2) is 0 Å². The van der Waals surface area contributed by atoms with Crippen molar-refractivity contribution in [3.8, 4) is 0 Å². The van der Waals surface area contributed by atoms with Gasteiger partial charge in [0.25, 0.3) is 0 Å². The zero-order valence-electron chi connectivity index (χ0n) is 9.31. The fourth-order valence-corrected chi connectivity index (χ4v) is 1.68. The van der Waals surface area contributed by atoms with Crippen LogP contribution in [0.2, 0.25) is 0 Å². The highest BCUT2D eigenvalue weighted by Gasteiger charge is 2.14. The van der Waals surface area contributed by atoms with Crippen molar-refractivity contribution in [3.05, 3.63) is 0 Å². The van der Waals surface area contributed by atoms with E-state index in [9.17, 15) is 4.79 Å². The number of rotatable bonds is 5. The molecule has 0 aliphatic carbocycles. The first-order valence-corrected chi connectivity index (χ1v) is 5.68. The van der Waals surface area contributed by atoms with E-state index < -0.39 is 0 Å². The first-order valence-electron chi connectivity index (χ1n) is 5.68. The average molecular weight is 198 g/mol. The van der Waals surface area contributed by atoms with E-state index in [4.69, 9.17) is 0 Å². The van der Waals surface area contributed by atoms with Crippen LogP contribution in [0.15, 0.2) is 0 Å². The molecule has 1 amide bonds. The van der Waals surface area contributed by atoms with Crippen LogP contribution in [0.5, 0.6) is 0 Å². The molecule has 82 valence electrons. The molecule has 0 aromatic rings. The molecule has 3 nitrogen and oxygen atoms in total. The lowest BCUT2D eigenvalue weighted by Crippen LogP contribution is -2.37. The third kappa shape index (κ3) is 4.61. The Morgan fingerprint density at radius 2 is 2.36 bits per heavy atom. The van der Waals surface area contributed by atoms with Gasteiger partial charge < -0.3 is 10.6 Å². The van der Waals surface area contributed by atoms with Gasteiger partial charge >= 0.3 is 0 Å². The molecule has 0 spiro atoms. The molecule has 1 heterocycles. The van der Waals surface area contributed by atoms with Crippen molar-refractivity contribution in [3.63, 3.8) is 0 Å². The largest absolute Gasteiger partial charge is 0.355 e. The maximum atomic E-state index is 11.4. The number of carbonyl (C=O) groups is 1. The van der Waals surface area contributed by atoms with Gasteiger partial charge in [0.15, 0.2) is 0 Å². The van der Waals surface area contributed by atoms with Gasteiger partial charge in [0.05, 0.1) is 0 Å². The van der Waals surface area contributed by atoms with Crippen molar-refractivity contribution < 1.29 is 4.79 Å². The Balaban J connectivity index is 2.02. The lowest BCUT2D eigenvalue weighted by molar-refractivity contribution is -0.121. The van der Waals surface area contributed by atoms with Gasteiger partial charge in [-0.15, -0.1) is 0 Å². The molecule has 1 fully saturated rings. The minimum absolute atomic E-state index is 0.201. The molecule has 0 radical (unpaired) electrons. The summed E-state index contributed by atoms with van der Waals surface area (Å²) in [5, 5.41) is 6.34. The lowest BCUT2D eigenvalue weighted by Gasteiger charge is -2.11. The van der Waals surface area contributed by atoms with E-state index in [0.717, 1.165) is 19.5 Å². The highest BCUT2D eigenvalue weighted by Crippen LogP contribution is 2.05. The fourth-order valence-electron chi connectivity index (χ4n) is 1.68. The third-order valence-corrected chi connectivity index (χ3v) is 2.66. The van der Waals surface area contributed by atoms with Crippen molar-refractivity contribution >= 4 is 5.91 Å². The van der Waals surface area contributed by atoms with E-state index in [1.165, 1.54) is 12.8 Å². The SMILES string of the molecule is CC(C)CCC(=O)NCC1CCCN1. The average Bonchev–Trinajstić information content (AvgIpc) is 2.63. The van der Waals surface area contributed by atoms with Crippen LogP contribution in [-0.2, 0) is 4.79 Å². The van der Waals surface area contributed by atoms with Gasteiger partial charge in [-0.3, -0.25) is 4.79 Å². The molecule has 0 bridgehead atoms. The second kappa shape index (κ2) is 6.02. The van der Waals surface area contributed by atoms with Gasteiger partial charge in [-0.1, -0.05) is 13.8 Å². The maximum Gasteiger partial charge on any atom is 0.220 e. The van der Waals surface area contributed by atoms with Gasteiger partial charge in [-0.2, -0.15) is 0 Å². The monoisotopic (exact) mass is 198 g/mol. The van der Waals surface area contributed by atoms with Gasteiger partial charge in [0.1, 0.15) is 0 Å². The van der Waals surface area contributed by atoms with Crippen molar-refractivity contribution in [2.45, 2.75) is 45.6 Å². The van der Waals surface area contributed by atoms with E-state index in [-0.39, 0.29) is 5.91 Å². The number of hydrogen-bond acceptors (Lipinski definition) is 2. The molecule has 1 aliphatic rings. The van der Waals surface area contributed by atoms with E-state index >= 15 is 0 Å². The van der Waals surface area contributed by atoms with Crippen molar-refractivity contribution in [1.82, 2.24) is 10.6 Å². The molecule has 2 N–H and O–H groups in total. The van der Waals surface area contributed by atoms with E-state index in [1.54, 1.807) is 0 Å². The predicted octanol–water partition coefficient (Wildman–Crippen LogP) is 1.29. The molecule has 0 aromatic heterocycles. The Bertz CT molecular complexity index is 174. The molecule has 3 heteroatoms. The second-order valence-corrected chi connectivity index (χ2v) is 4.53. The van der Waals surface area contributed by atoms with Crippen LogP contribution >= 0.6 is 0 Å². The Morgan fingerprint density at radius 3 is 2.93 bits per heavy atom. The predicted molar refractivity (Wildman–Crippen MR) is 58.1 cm³/mol. The topological polar surface area (TPSA) is 41.1 Å². The summed E-state index contributed by atoms with van der Waals surface area (Å²) in [6.45, 7) is 6.20. The van der Waals surface area contributed by atoms with Crippen LogP contribution in [0.3, 0.4) is 0 Å². The van der Waals surface area contributed by atoms with Gasteiger partial charge in [0, 0.05) is 19.0 Å². The molecule has 1 unspecified atom stereocenters. The Labute approximate surface area is 86.6 Å². The van der Waals surface area contributed by atoms with Crippen molar-refractivity contribution in [2.24, 2.45) is 5.92 Å². The summed E-state index contributed by atoms with van der Waals surface area (Å²) in [5.74, 6) is 0.817. The van der Waals surface area contributed by atoms with Crippen molar-refractivity contribution in [2.75, 3.05) is 13.1 Å².